The van der Waals surface area contributed by atoms with Gasteiger partial charge in [-0.15, -0.1) is 4.80 Å². The zero-order valence-electron chi connectivity index (χ0n) is 16.4. The van der Waals surface area contributed by atoms with E-state index in [9.17, 15) is 4.79 Å². The van der Waals surface area contributed by atoms with Crippen LogP contribution in [-0.2, 0) is 4.74 Å². The predicted molar refractivity (Wildman–Crippen MR) is 117 cm³/mol. The molecule has 1 unspecified atom stereocenters. The summed E-state index contributed by atoms with van der Waals surface area (Å²) in [4.78, 5) is 26.6. The van der Waals surface area contributed by atoms with Crippen molar-refractivity contribution in [1.82, 2.24) is 29.9 Å². The first-order chi connectivity index (χ1) is 15.0. The Morgan fingerprint density at radius 1 is 1.10 bits per heavy atom. The molecule has 0 fully saturated rings. The Bertz CT molecular complexity index is 1250. The SMILES string of the molecule is COC(C)c1c(NC(=O)Nc2cnc(-n3nccn3)c(Cl)c2)cnc2ccnc(Cl)c12. The van der Waals surface area contributed by atoms with E-state index in [1.165, 1.54) is 23.4 Å². The van der Waals surface area contributed by atoms with Gasteiger partial charge in [0.25, 0.3) is 0 Å². The molecule has 12 heteroatoms. The van der Waals surface area contributed by atoms with Gasteiger partial charge in [0, 0.05) is 24.3 Å². The van der Waals surface area contributed by atoms with Crippen LogP contribution in [0.3, 0.4) is 0 Å². The Hall–Kier alpha value is -3.34. The van der Waals surface area contributed by atoms with Crippen molar-refractivity contribution in [2.75, 3.05) is 17.7 Å². The molecular weight excluding hydrogens is 443 g/mol. The van der Waals surface area contributed by atoms with Gasteiger partial charge in [0.2, 0.25) is 0 Å². The maximum Gasteiger partial charge on any atom is 0.323 e. The van der Waals surface area contributed by atoms with Crippen LogP contribution in [-0.4, -0.2) is 43.1 Å². The molecule has 158 valence electrons. The van der Waals surface area contributed by atoms with Crippen molar-refractivity contribution in [3.63, 3.8) is 0 Å². The van der Waals surface area contributed by atoms with Gasteiger partial charge >= 0.3 is 6.03 Å². The number of anilines is 2. The fourth-order valence-corrected chi connectivity index (χ4v) is 3.51. The Morgan fingerprint density at radius 2 is 1.87 bits per heavy atom. The van der Waals surface area contributed by atoms with Gasteiger partial charge in [-0.3, -0.25) is 4.98 Å². The van der Waals surface area contributed by atoms with Gasteiger partial charge in [0.05, 0.1) is 52.8 Å². The van der Waals surface area contributed by atoms with Gasteiger partial charge in [-0.25, -0.2) is 14.8 Å². The van der Waals surface area contributed by atoms with Crippen molar-refractivity contribution >= 4 is 51.5 Å². The average Bonchev–Trinajstić information content (AvgIpc) is 3.28. The third-order valence-electron chi connectivity index (χ3n) is 4.47. The molecule has 0 aliphatic carbocycles. The lowest BCUT2D eigenvalue weighted by atomic mass is 10.0. The van der Waals surface area contributed by atoms with E-state index >= 15 is 0 Å². The molecule has 1 atom stereocenters. The van der Waals surface area contributed by atoms with Crippen LogP contribution >= 0.6 is 23.2 Å². The second-order valence-electron chi connectivity index (χ2n) is 6.39. The number of rotatable bonds is 5. The molecular formula is C19H16Cl2N8O2. The number of amides is 2. The maximum atomic E-state index is 12.7. The van der Waals surface area contributed by atoms with E-state index < -0.39 is 6.03 Å². The van der Waals surface area contributed by atoms with E-state index in [1.807, 2.05) is 6.92 Å². The minimum atomic E-state index is -0.520. The van der Waals surface area contributed by atoms with Crippen molar-refractivity contribution < 1.29 is 9.53 Å². The standard InChI is InChI=1S/C19H16Cl2N8O2/c1-10(31-2)15-14(9-23-13-3-4-22-17(21)16(13)15)28-19(30)27-11-7-12(20)18(24-8-11)29-25-5-6-26-29/h3-10H,1-2H3,(H2,27,28,30). The minimum absolute atomic E-state index is 0.270. The van der Waals surface area contributed by atoms with Crippen LogP contribution in [0.25, 0.3) is 16.7 Å². The summed E-state index contributed by atoms with van der Waals surface area (Å²) in [5.74, 6) is 0.342. The van der Waals surface area contributed by atoms with Crippen LogP contribution in [0.15, 0.2) is 43.1 Å². The quantitative estimate of drug-likeness (QED) is 0.428. The number of carbonyl (C=O) groups excluding carboxylic acids is 1. The molecule has 0 saturated heterocycles. The number of nitrogens with one attached hydrogen (secondary N) is 2. The van der Waals surface area contributed by atoms with E-state index in [2.05, 4.69) is 35.8 Å². The molecule has 0 saturated carbocycles. The number of urea groups is 1. The summed E-state index contributed by atoms with van der Waals surface area (Å²) in [7, 11) is 1.56. The van der Waals surface area contributed by atoms with Crippen molar-refractivity contribution in [2.24, 2.45) is 0 Å². The molecule has 4 aromatic rings. The number of hydrogen-bond acceptors (Lipinski definition) is 7. The zero-order valence-corrected chi connectivity index (χ0v) is 17.9. The second kappa shape index (κ2) is 8.80. The molecule has 4 aromatic heterocycles. The largest absolute Gasteiger partial charge is 0.377 e. The zero-order chi connectivity index (χ0) is 22.0. The number of methoxy groups -OCH3 is 1. The minimum Gasteiger partial charge on any atom is -0.377 e. The third-order valence-corrected chi connectivity index (χ3v) is 5.04. The molecule has 4 heterocycles. The molecule has 2 amide bonds. The highest BCUT2D eigenvalue weighted by molar-refractivity contribution is 6.34. The molecule has 0 aromatic carbocycles. The topological polar surface area (TPSA) is 120 Å². The van der Waals surface area contributed by atoms with E-state index in [0.29, 0.717) is 33.7 Å². The van der Waals surface area contributed by atoms with Gasteiger partial charge in [-0.1, -0.05) is 23.2 Å². The summed E-state index contributed by atoms with van der Waals surface area (Å²) in [5.41, 5.74) is 2.12. The highest BCUT2D eigenvalue weighted by Crippen LogP contribution is 2.35. The summed E-state index contributed by atoms with van der Waals surface area (Å²) in [6, 6.07) is 2.76. The van der Waals surface area contributed by atoms with Crippen LogP contribution in [0.2, 0.25) is 10.2 Å². The van der Waals surface area contributed by atoms with Gasteiger partial charge in [0.15, 0.2) is 5.82 Å². The van der Waals surface area contributed by atoms with Crippen molar-refractivity contribution in [2.45, 2.75) is 13.0 Å². The lowest BCUT2D eigenvalue weighted by Gasteiger charge is -2.18. The number of fused-ring (bicyclic) bond motifs is 1. The predicted octanol–water partition coefficient (Wildman–Crippen LogP) is 4.26. The molecule has 0 spiro atoms. The lowest BCUT2D eigenvalue weighted by Crippen LogP contribution is -2.21. The van der Waals surface area contributed by atoms with E-state index in [-0.39, 0.29) is 16.3 Å². The molecule has 0 bridgehead atoms. The highest BCUT2D eigenvalue weighted by atomic mass is 35.5. The van der Waals surface area contributed by atoms with Crippen LogP contribution in [0.1, 0.15) is 18.6 Å². The van der Waals surface area contributed by atoms with Gasteiger partial charge in [-0.05, 0) is 19.1 Å². The van der Waals surface area contributed by atoms with Gasteiger partial charge in [-0.2, -0.15) is 10.2 Å². The first kappa shape index (κ1) is 20.9. The number of halogens is 2. The maximum absolute atomic E-state index is 12.7. The van der Waals surface area contributed by atoms with Crippen LogP contribution in [0.4, 0.5) is 16.2 Å². The van der Waals surface area contributed by atoms with E-state index in [0.717, 1.165) is 0 Å². The highest BCUT2D eigenvalue weighted by Gasteiger charge is 2.20. The summed E-state index contributed by atoms with van der Waals surface area (Å²) in [6.07, 6.45) is 7.20. The fourth-order valence-electron chi connectivity index (χ4n) is 3.02. The van der Waals surface area contributed by atoms with Gasteiger partial charge in [0.1, 0.15) is 5.15 Å². The number of carbonyl (C=O) groups is 1. The fraction of sp³-hybridized carbons (Fsp3) is 0.158. The molecule has 4 rings (SSSR count). The molecule has 0 aliphatic heterocycles. The number of pyridine rings is 3. The number of nitrogens with zero attached hydrogens (tertiary/aromatic N) is 6. The molecule has 2 N–H and O–H groups in total. The van der Waals surface area contributed by atoms with Crippen molar-refractivity contribution in [3.05, 3.63) is 58.9 Å². The van der Waals surface area contributed by atoms with Gasteiger partial charge < -0.3 is 15.4 Å². The second-order valence-corrected chi connectivity index (χ2v) is 7.15. The summed E-state index contributed by atoms with van der Waals surface area (Å²) >= 11 is 12.6. The average molecular weight is 459 g/mol. The Morgan fingerprint density at radius 3 is 2.58 bits per heavy atom. The number of ether oxygens (including phenoxy) is 1. The number of aromatic nitrogens is 6. The number of hydrogen-bond donors (Lipinski definition) is 2. The molecule has 31 heavy (non-hydrogen) atoms. The lowest BCUT2D eigenvalue weighted by molar-refractivity contribution is 0.121. The Balaban J connectivity index is 1.60. The monoisotopic (exact) mass is 458 g/mol. The van der Waals surface area contributed by atoms with E-state index in [4.69, 9.17) is 27.9 Å². The summed E-state index contributed by atoms with van der Waals surface area (Å²) < 4.78 is 5.48. The van der Waals surface area contributed by atoms with Crippen LogP contribution in [0, 0.1) is 0 Å². The van der Waals surface area contributed by atoms with Crippen LogP contribution in [0.5, 0.6) is 0 Å². The summed E-state index contributed by atoms with van der Waals surface area (Å²) in [5, 5.41) is 14.6. The van der Waals surface area contributed by atoms with E-state index in [1.54, 1.807) is 31.6 Å². The normalized spacial score (nSPS) is 12.0. The molecule has 0 radical (unpaired) electrons. The first-order valence-corrected chi connectivity index (χ1v) is 9.79. The van der Waals surface area contributed by atoms with Crippen LogP contribution < -0.4 is 10.6 Å². The Kier molecular flexibility index (Phi) is 5.94. The third kappa shape index (κ3) is 4.26. The summed E-state index contributed by atoms with van der Waals surface area (Å²) in [6.45, 7) is 1.84. The first-order valence-electron chi connectivity index (χ1n) is 9.04. The molecule has 0 aliphatic rings. The van der Waals surface area contributed by atoms with Crippen molar-refractivity contribution in [3.8, 4) is 5.82 Å². The smallest absolute Gasteiger partial charge is 0.323 e. The molecule has 10 nitrogen and oxygen atoms in total. The van der Waals surface area contributed by atoms with Crippen molar-refractivity contribution in [1.29, 1.82) is 0 Å². The Labute approximate surface area is 186 Å².